The minimum atomic E-state index is -0.570. The highest BCUT2D eigenvalue weighted by Gasteiger charge is 2.22. The molecule has 0 radical (unpaired) electrons. The van der Waals surface area contributed by atoms with E-state index in [0.29, 0.717) is 17.5 Å². The zero-order valence-corrected chi connectivity index (χ0v) is 12.3. The van der Waals surface area contributed by atoms with Crippen molar-refractivity contribution in [3.63, 3.8) is 0 Å². The van der Waals surface area contributed by atoms with E-state index in [-0.39, 0.29) is 11.3 Å². The number of nitro benzene ring substituents is 1. The van der Waals surface area contributed by atoms with Crippen LogP contribution in [-0.2, 0) is 0 Å². The number of nitro groups is 1. The Hall–Kier alpha value is -1.41. The Kier molecular flexibility index (Phi) is 5.13. The maximum Gasteiger partial charge on any atom is 0.282 e. The normalized spacial score (nSPS) is 18.5. The molecule has 1 aliphatic rings. The Balaban J connectivity index is 2.04. The molecule has 108 valence electrons. The molecular weight excluding hydrogens is 298 g/mol. The third-order valence-electron chi connectivity index (χ3n) is 2.84. The molecule has 0 saturated carbocycles. The number of nitrogen functional groups attached to an aromatic ring is 1. The fourth-order valence-electron chi connectivity index (χ4n) is 1.85. The van der Waals surface area contributed by atoms with Gasteiger partial charge in [0.2, 0.25) is 0 Å². The number of thioether (sulfide) groups is 2. The van der Waals surface area contributed by atoms with Gasteiger partial charge in [-0.15, -0.1) is 0 Å². The minimum Gasteiger partial charge on any atom is -0.399 e. The lowest BCUT2D eigenvalue weighted by Crippen LogP contribution is -2.33. The van der Waals surface area contributed by atoms with Gasteiger partial charge in [-0.25, -0.2) is 0 Å². The zero-order valence-electron chi connectivity index (χ0n) is 10.7. The van der Waals surface area contributed by atoms with E-state index in [0.717, 1.165) is 17.3 Å². The molecule has 8 heteroatoms. The van der Waals surface area contributed by atoms with Gasteiger partial charge in [-0.2, -0.15) is 23.5 Å². The molecule has 1 aromatic carbocycles. The fraction of sp³-hybridized carbons (Fsp3) is 0.417. The molecule has 6 nitrogen and oxygen atoms in total. The van der Waals surface area contributed by atoms with Crippen LogP contribution in [0.2, 0.25) is 0 Å². The summed E-state index contributed by atoms with van der Waals surface area (Å²) in [7, 11) is 0. The quantitative estimate of drug-likeness (QED) is 0.499. The molecule has 0 aromatic heterocycles. The molecular formula is C12H15N3O3S2. The van der Waals surface area contributed by atoms with E-state index in [1.165, 1.54) is 18.2 Å². The molecule has 1 aromatic rings. The first-order valence-electron chi connectivity index (χ1n) is 6.09. The van der Waals surface area contributed by atoms with Gasteiger partial charge in [0.1, 0.15) is 5.56 Å². The third-order valence-corrected chi connectivity index (χ3v) is 5.68. The number of hydrogen-bond acceptors (Lipinski definition) is 6. The van der Waals surface area contributed by atoms with Gasteiger partial charge >= 0.3 is 0 Å². The van der Waals surface area contributed by atoms with Crippen molar-refractivity contribution in [2.45, 2.75) is 5.25 Å². The fourth-order valence-corrected chi connectivity index (χ4v) is 4.46. The van der Waals surface area contributed by atoms with E-state index < -0.39 is 10.8 Å². The average molecular weight is 313 g/mol. The maximum absolute atomic E-state index is 12.1. The molecule has 0 aliphatic carbocycles. The van der Waals surface area contributed by atoms with E-state index in [1.54, 1.807) is 0 Å². The van der Waals surface area contributed by atoms with Crippen molar-refractivity contribution in [2.24, 2.45) is 0 Å². The summed E-state index contributed by atoms with van der Waals surface area (Å²) in [5, 5.41) is 14.0. The molecule has 1 heterocycles. The van der Waals surface area contributed by atoms with Crippen molar-refractivity contribution in [2.75, 3.05) is 29.5 Å². The number of carbonyl (C=O) groups is 1. The summed E-state index contributed by atoms with van der Waals surface area (Å²) in [6.07, 6.45) is 0. The van der Waals surface area contributed by atoms with Crippen LogP contribution in [0, 0.1) is 10.1 Å². The molecule has 3 N–H and O–H groups in total. The van der Waals surface area contributed by atoms with Gasteiger partial charge in [0.25, 0.3) is 11.6 Å². The summed E-state index contributed by atoms with van der Waals surface area (Å²) in [6.45, 7) is 0.516. The number of anilines is 1. The molecule has 1 fully saturated rings. The zero-order chi connectivity index (χ0) is 14.5. The molecule has 1 unspecified atom stereocenters. The van der Waals surface area contributed by atoms with Crippen molar-refractivity contribution >= 4 is 40.8 Å². The number of carbonyl (C=O) groups excluding carboxylic acids is 1. The smallest absolute Gasteiger partial charge is 0.282 e. The van der Waals surface area contributed by atoms with Gasteiger partial charge in [-0.3, -0.25) is 14.9 Å². The summed E-state index contributed by atoms with van der Waals surface area (Å²) in [5.74, 6) is 2.75. The maximum atomic E-state index is 12.1. The van der Waals surface area contributed by atoms with Crippen molar-refractivity contribution in [1.82, 2.24) is 5.32 Å². The van der Waals surface area contributed by atoms with Crippen molar-refractivity contribution in [1.29, 1.82) is 0 Å². The monoisotopic (exact) mass is 313 g/mol. The number of nitrogens with two attached hydrogens (primary N) is 1. The van der Waals surface area contributed by atoms with E-state index in [4.69, 9.17) is 5.73 Å². The van der Waals surface area contributed by atoms with Crippen molar-refractivity contribution < 1.29 is 9.72 Å². The standard InChI is InChI=1S/C12H15N3O3S2/c13-8-1-2-11(15(17)18)10(5-8)12(16)14-6-9-7-19-3-4-20-9/h1-2,5,9H,3-4,6-7,13H2,(H,14,16). The van der Waals surface area contributed by atoms with Crippen molar-refractivity contribution in [3.05, 3.63) is 33.9 Å². The average Bonchev–Trinajstić information content (AvgIpc) is 2.45. The minimum absolute atomic E-state index is 0.0171. The highest BCUT2D eigenvalue weighted by molar-refractivity contribution is 8.06. The van der Waals surface area contributed by atoms with Crippen LogP contribution >= 0.6 is 23.5 Å². The first kappa shape index (κ1) is 15.0. The molecule has 1 aliphatic heterocycles. The number of benzene rings is 1. The lowest BCUT2D eigenvalue weighted by Gasteiger charge is -2.21. The second-order valence-corrected chi connectivity index (χ2v) is 6.87. The number of rotatable bonds is 4. The van der Waals surface area contributed by atoms with Crippen LogP contribution in [0.1, 0.15) is 10.4 Å². The highest BCUT2D eigenvalue weighted by atomic mass is 32.2. The lowest BCUT2D eigenvalue weighted by atomic mass is 10.1. The Morgan fingerprint density at radius 3 is 2.95 bits per heavy atom. The van der Waals surface area contributed by atoms with Crippen LogP contribution in [0.3, 0.4) is 0 Å². The van der Waals surface area contributed by atoms with E-state index in [1.807, 2.05) is 23.5 Å². The van der Waals surface area contributed by atoms with E-state index in [2.05, 4.69) is 5.32 Å². The summed E-state index contributed by atoms with van der Waals surface area (Å²) >= 11 is 3.68. The van der Waals surface area contributed by atoms with Gasteiger partial charge < -0.3 is 11.1 Å². The predicted octanol–water partition coefficient (Wildman–Crippen LogP) is 1.76. The van der Waals surface area contributed by atoms with Gasteiger partial charge in [0.15, 0.2) is 0 Å². The summed E-state index contributed by atoms with van der Waals surface area (Å²) in [4.78, 5) is 22.4. The first-order chi connectivity index (χ1) is 9.58. The van der Waals surface area contributed by atoms with Crippen LogP contribution < -0.4 is 11.1 Å². The van der Waals surface area contributed by atoms with Crippen LogP contribution in [0.15, 0.2) is 18.2 Å². The Morgan fingerprint density at radius 2 is 2.30 bits per heavy atom. The van der Waals surface area contributed by atoms with Crippen LogP contribution in [-0.4, -0.2) is 39.9 Å². The topological polar surface area (TPSA) is 98.3 Å². The van der Waals surface area contributed by atoms with Crippen LogP contribution in [0.5, 0.6) is 0 Å². The largest absolute Gasteiger partial charge is 0.399 e. The van der Waals surface area contributed by atoms with Gasteiger partial charge in [-0.1, -0.05) is 0 Å². The second kappa shape index (κ2) is 6.85. The molecule has 0 spiro atoms. The van der Waals surface area contributed by atoms with Gasteiger partial charge in [-0.05, 0) is 12.1 Å². The molecule has 1 amide bonds. The molecule has 1 saturated heterocycles. The third kappa shape index (κ3) is 3.80. The summed E-state index contributed by atoms with van der Waals surface area (Å²) in [6, 6.07) is 4.02. The number of nitrogens with one attached hydrogen (secondary N) is 1. The predicted molar refractivity (Wildman–Crippen MR) is 83.4 cm³/mol. The summed E-state index contributed by atoms with van der Waals surface area (Å²) < 4.78 is 0. The Morgan fingerprint density at radius 1 is 1.50 bits per heavy atom. The summed E-state index contributed by atoms with van der Waals surface area (Å²) in [5.41, 5.74) is 5.73. The van der Waals surface area contributed by atoms with Crippen molar-refractivity contribution in [3.8, 4) is 0 Å². The number of hydrogen-bond donors (Lipinski definition) is 2. The second-order valence-electron chi connectivity index (χ2n) is 4.31. The van der Waals surface area contributed by atoms with Gasteiger partial charge in [0, 0.05) is 40.8 Å². The molecule has 1 atom stereocenters. The van der Waals surface area contributed by atoms with Gasteiger partial charge in [0.05, 0.1) is 4.92 Å². The first-order valence-corrected chi connectivity index (χ1v) is 8.29. The molecule has 2 rings (SSSR count). The van der Waals surface area contributed by atoms with Crippen LogP contribution in [0.25, 0.3) is 0 Å². The lowest BCUT2D eigenvalue weighted by molar-refractivity contribution is -0.385. The number of amides is 1. The Labute approximate surface area is 125 Å². The van der Waals surface area contributed by atoms with Crippen LogP contribution in [0.4, 0.5) is 11.4 Å². The number of nitrogens with zero attached hydrogens (tertiary/aromatic N) is 1. The molecule has 20 heavy (non-hydrogen) atoms. The SMILES string of the molecule is Nc1ccc([N+](=O)[O-])c(C(=O)NCC2CSCCS2)c1. The van der Waals surface area contributed by atoms with E-state index in [9.17, 15) is 14.9 Å². The molecule has 0 bridgehead atoms. The highest BCUT2D eigenvalue weighted by Crippen LogP contribution is 2.24. The Bertz CT molecular complexity index is 519. The van der Waals surface area contributed by atoms with E-state index >= 15 is 0 Å².